The first kappa shape index (κ1) is 14.1. The van der Waals surface area contributed by atoms with Crippen molar-refractivity contribution in [3.63, 3.8) is 0 Å². The van der Waals surface area contributed by atoms with E-state index in [-0.39, 0.29) is 0 Å². The monoisotopic (exact) mass is 275 g/mol. The van der Waals surface area contributed by atoms with Gasteiger partial charge in [-0.15, -0.1) is 0 Å². The van der Waals surface area contributed by atoms with Gasteiger partial charge >= 0.3 is 0 Å². The number of rotatable bonds is 4. The molecule has 0 aliphatic heterocycles. The van der Waals surface area contributed by atoms with Crippen molar-refractivity contribution in [3.05, 3.63) is 17.5 Å². The first-order chi connectivity index (χ1) is 9.74. The summed E-state index contributed by atoms with van der Waals surface area (Å²) in [5.41, 5.74) is 2.90. The van der Waals surface area contributed by atoms with Crippen molar-refractivity contribution in [2.45, 2.75) is 64.3 Å². The second-order valence-corrected chi connectivity index (χ2v) is 6.98. The minimum atomic E-state index is 0.551. The summed E-state index contributed by atoms with van der Waals surface area (Å²) < 4.78 is 2.06. The fourth-order valence-electron chi connectivity index (χ4n) is 4.00. The lowest BCUT2D eigenvalue weighted by atomic mass is 9.81. The Hall–Kier alpha value is -0.830. The van der Waals surface area contributed by atoms with Crippen molar-refractivity contribution in [2.24, 2.45) is 18.9 Å². The molecule has 1 N–H and O–H groups in total. The highest BCUT2D eigenvalue weighted by atomic mass is 15.3. The van der Waals surface area contributed by atoms with Crippen LogP contribution in [0, 0.1) is 11.8 Å². The molecule has 1 aromatic heterocycles. The van der Waals surface area contributed by atoms with E-state index >= 15 is 0 Å². The Kier molecular flexibility index (Phi) is 4.45. The number of fused-ring (bicyclic) bond motifs is 1. The van der Waals surface area contributed by atoms with Crippen molar-refractivity contribution in [2.75, 3.05) is 6.54 Å². The van der Waals surface area contributed by atoms with Gasteiger partial charge in [0, 0.05) is 24.3 Å². The van der Waals surface area contributed by atoms with Crippen molar-refractivity contribution in [1.82, 2.24) is 15.1 Å². The van der Waals surface area contributed by atoms with Crippen LogP contribution in [-0.2, 0) is 13.5 Å². The number of nitrogens with one attached hydrogen (secondary N) is 1. The lowest BCUT2D eigenvalue weighted by Crippen LogP contribution is -2.27. The van der Waals surface area contributed by atoms with Gasteiger partial charge in [0.2, 0.25) is 0 Å². The third-order valence-electron chi connectivity index (χ3n) is 5.45. The second-order valence-electron chi connectivity index (χ2n) is 6.98. The average molecular weight is 275 g/mol. The summed E-state index contributed by atoms with van der Waals surface area (Å²) in [5.74, 6) is 1.94. The summed E-state index contributed by atoms with van der Waals surface area (Å²) >= 11 is 0. The van der Waals surface area contributed by atoms with Gasteiger partial charge in [-0.25, -0.2) is 0 Å². The maximum Gasteiger partial charge on any atom is 0.0540 e. The topological polar surface area (TPSA) is 29.9 Å². The normalized spacial score (nSPS) is 30.2. The molecule has 1 fully saturated rings. The molecule has 1 aromatic rings. The van der Waals surface area contributed by atoms with Crippen molar-refractivity contribution < 1.29 is 0 Å². The van der Waals surface area contributed by atoms with Gasteiger partial charge in [0.25, 0.3) is 0 Å². The van der Waals surface area contributed by atoms with Gasteiger partial charge < -0.3 is 5.32 Å². The lowest BCUT2D eigenvalue weighted by Gasteiger charge is -2.28. The number of aromatic nitrogens is 2. The van der Waals surface area contributed by atoms with Crippen molar-refractivity contribution in [1.29, 1.82) is 0 Å². The van der Waals surface area contributed by atoms with Crippen LogP contribution in [-0.4, -0.2) is 16.3 Å². The van der Waals surface area contributed by atoms with Crippen LogP contribution in [0.25, 0.3) is 0 Å². The van der Waals surface area contributed by atoms with E-state index in [1.165, 1.54) is 69.2 Å². The predicted octanol–water partition coefficient (Wildman–Crippen LogP) is 3.60. The van der Waals surface area contributed by atoms with Gasteiger partial charge in [-0.2, -0.15) is 5.10 Å². The minimum Gasteiger partial charge on any atom is -0.310 e. The van der Waals surface area contributed by atoms with Crippen LogP contribution in [0.15, 0.2) is 6.20 Å². The van der Waals surface area contributed by atoms with Gasteiger partial charge in [-0.1, -0.05) is 32.6 Å². The Morgan fingerprint density at radius 2 is 2.05 bits per heavy atom. The largest absolute Gasteiger partial charge is 0.310 e. The standard InChI is InChI=1S/C17H29N3/c1-13-6-8-14(9-7-13)10-11-18-16-4-3-5-17-15(16)12-19-20(17)2/h12-14,16,18H,3-11H2,1-2H3. The van der Waals surface area contributed by atoms with Gasteiger partial charge in [0.1, 0.15) is 0 Å². The van der Waals surface area contributed by atoms with E-state index in [1.54, 1.807) is 0 Å². The Labute approximate surface area is 123 Å². The fourth-order valence-corrected chi connectivity index (χ4v) is 4.00. The molecule has 2 aliphatic rings. The number of hydrogen-bond donors (Lipinski definition) is 1. The Morgan fingerprint density at radius 1 is 1.25 bits per heavy atom. The summed E-state index contributed by atoms with van der Waals surface area (Å²) in [6.45, 7) is 3.58. The first-order valence-electron chi connectivity index (χ1n) is 8.48. The van der Waals surface area contributed by atoms with Crippen LogP contribution < -0.4 is 5.32 Å². The van der Waals surface area contributed by atoms with Crippen LogP contribution >= 0.6 is 0 Å². The van der Waals surface area contributed by atoms with Gasteiger partial charge in [0.15, 0.2) is 0 Å². The molecule has 0 spiro atoms. The molecule has 0 radical (unpaired) electrons. The molecule has 3 heteroatoms. The minimum absolute atomic E-state index is 0.551. The Balaban J connectivity index is 1.47. The van der Waals surface area contributed by atoms with Gasteiger partial charge in [-0.05, 0) is 44.1 Å². The summed E-state index contributed by atoms with van der Waals surface area (Å²) in [4.78, 5) is 0. The molecule has 112 valence electrons. The zero-order valence-electron chi connectivity index (χ0n) is 13.1. The van der Waals surface area contributed by atoms with Crippen LogP contribution in [0.2, 0.25) is 0 Å². The van der Waals surface area contributed by atoms with Gasteiger partial charge in [0.05, 0.1) is 6.20 Å². The van der Waals surface area contributed by atoms with Crippen LogP contribution in [0.1, 0.15) is 69.2 Å². The molecule has 2 aliphatic carbocycles. The Morgan fingerprint density at radius 3 is 2.85 bits per heavy atom. The molecule has 3 nitrogen and oxygen atoms in total. The SMILES string of the molecule is CC1CCC(CCNC2CCCc3c2cnn3C)CC1. The smallest absolute Gasteiger partial charge is 0.0540 e. The molecule has 0 bridgehead atoms. The van der Waals surface area contributed by atoms with Crippen molar-refractivity contribution >= 4 is 0 Å². The van der Waals surface area contributed by atoms with E-state index in [0.717, 1.165) is 11.8 Å². The molecule has 0 amide bonds. The summed E-state index contributed by atoms with van der Waals surface area (Å²) in [6.07, 6.45) is 13.0. The van der Waals surface area contributed by atoms with E-state index in [4.69, 9.17) is 0 Å². The average Bonchev–Trinajstić information content (AvgIpc) is 2.84. The lowest BCUT2D eigenvalue weighted by molar-refractivity contribution is 0.271. The van der Waals surface area contributed by atoms with Crippen molar-refractivity contribution in [3.8, 4) is 0 Å². The van der Waals surface area contributed by atoms with E-state index < -0.39 is 0 Å². The molecular formula is C17H29N3. The fraction of sp³-hybridized carbons (Fsp3) is 0.824. The van der Waals surface area contributed by atoms with Crippen LogP contribution in [0.5, 0.6) is 0 Å². The number of hydrogen-bond acceptors (Lipinski definition) is 2. The van der Waals surface area contributed by atoms with E-state index in [1.807, 2.05) is 0 Å². The molecular weight excluding hydrogens is 246 g/mol. The van der Waals surface area contributed by atoms with Crippen LogP contribution in [0.4, 0.5) is 0 Å². The number of aryl methyl sites for hydroxylation is 1. The summed E-state index contributed by atoms with van der Waals surface area (Å²) in [7, 11) is 2.07. The van der Waals surface area contributed by atoms with Gasteiger partial charge in [-0.3, -0.25) is 4.68 Å². The third-order valence-corrected chi connectivity index (χ3v) is 5.45. The molecule has 1 unspecified atom stereocenters. The first-order valence-corrected chi connectivity index (χ1v) is 8.48. The highest BCUT2D eigenvalue weighted by Crippen LogP contribution is 2.31. The summed E-state index contributed by atoms with van der Waals surface area (Å²) in [5, 5.41) is 8.23. The highest BCUT2D eigenvalue weighted by Gasteiger charge is 2.23. The zero-order chi connectivity index (χ0) is 13.9. The molecule has 1 heterocycles. The maximum atomic E-state index is 4.43. The molecule has 1 saturated carbocycles. The quantitative estimate of drug-likeness (QED) is 0.910. The van der Waals surface area contributed by atoms with E-state index in [2.05, 4.69) is 35.3 Å². The Bertz CT molecular complexity index is 429. The zero-order valence-corrected chi connectivity index (χ0v) is 13.1. The summed E-state index contributed by atoms with van der Waals surface area (Å²) in [6, 6.07) is 0.551. The molecule has 3 rings (SSSR count). The predicted molar refractivity (Wildman–Crippen MR) is 82.6 cm³/mol. The second kappa shape index (κ2) is 6.30. The maximum absolute atomic E-state index is 4.43. The number of nitrogens with zero attached hydrogens (tertiary/aromatic N) is 2. The molecule has 1 atom stereocenters. The third kappa shape index (κ3) is 3.08. The van der Waals surface area contributed by atoms with E-state index in [9.17, 15) is 0 Å². The van der Waals surface area contributed by atoms with Crippen LogP contribution in [0.3, 0.4) is 0 Å². The molecule has 20 heavy (non-hydrogen) atoms. The molecule has 0 aromatic carbocycles. The molecule has 0 saturated heterocycles. The highest BCUT2D eigenvalue weighted by molar-refractivity contribution is 5.24. The van der Waals surface area contributed by atoms with E-state index in [0.29, 0.717) is 6.04 Å².